The molecule has 0 saturated carbocycles. The van der Waals surface area contributed by atoms with E-state index in [0.29, 0.717) is 9.79 Å². The molecule has 0 radical (unpaired) electrons. The summed E-state index contributed by atoms with van der Waals surface area (Å²) in [6.07, 6.45) is 0. The standard InChI is InChI=1S/C19H16O2SSe/c1-15-11-13-16(14-12-15)22(20,21)18-9-5-6-10-19(18)23-17-7-3-2-4-8-17/h2-14H,1H3. The van der Waals surface area contributed by atoms with Crippen molar-refractivity contribution in [2.75, 3.05) is 0 Å². The Kier molecular flexibility index (Phi) is 4.67. The van der Waals surface area contributed by atoms with Crippen LogP contribution in [0.1, 0.15) is 5.56 Å². The molecular formula is C19H16O2SSe. The van der Waals surface area contributed by atoms with Gasteiger partial charge in [0.2, 0.25) is 0 Å². The molecule has 2 nitrogen and oxygen atoms in total. The molecule has 0 atom stereocenters. The van der Waals surface area contributed by atoms with Crippen LogP contribution < -0.4 is 8.92 Å². The van der Waals surface area contributed by atoms with E-state index in [-0.39, 0.29) is 15.0 Å². The summed E-state index contributed by atoms with van der Waals surface area (Å²) < 4.78 is 28.0. The van der Waals surface area contributed by atoms with Crippen LogP contribution in [0.4, 0.5) is 0 Å². The Morgan fingerprint density at radius 2 is 1.35 bits per heavy atom. The summed E-state index contributed by atoms with van der Waals surface area (Å²) in [6.45, 7) is 1.95. The first-order valence-electron chi connectivity index (χ1n) is 7.21. The Labute approximate surface area is 143 Å². The van der Waals surface area contributed by atoms with Crippen molar-refractivity contribution >= 4 is 33.7 Å². The number of aryl methyl sites for hydroxylation is 1. The summed E-state index contributed by atoms with van der Waals surface area (Å²) in [4.78, 5) is 0.757. The Morgan fingerprint density at radius 3 is 2.04 bits per heavy atom. The van der Waals surface area contributed by atoms with Crippen molar-refractivity contribution < 1.29 is 8.42 Å². The fraction of sp³-hybridized carbons (Fsp3) is 0.0526. The molecule has 23 heavy (non-hydrogen) atoms. The molecule has 0 N–H and O–H groups in total. The molecule has 0 aliphatic heterocycles. The molecule has 3 aromatic carbocycles. The van der Waals surface area contributed by atoms with Crippen LogP contribution >= 0.6 is 0 Å². The first-order chi connectivity index (χ1) is 11.1. The number of sulfone groups is 1. The third-order valence-electron chi connectivity index (χ3n) is 3.44. The van der Waals surface area contributed by atoms with E-state index in [4.69, 9.17) is 0 Å². The van der Waals surface area contributed by atoms with Crippen LogP contribution in [0.3, 0.4) is 0 Å². The quantitative estimate of drug-likeness (QED) is 0.645. The molecule has 4 heteroatoms. The van der Waals surface area contributed by atoms with Gasteiger partial charge in [-0.3, -0.25) is 0 Å². The van der Waals surface area contributed by atoms with Gasteiger partial charge in [-0.1, -0.05) is 0 Å². The Hall–Kier alpha value is -1.87. The molecule has 3 rings (SSSR count). The third-order valence-corrected chi connectivity index (χ3v) is 7.83. The van der Waals surface area contributed by atoms with Gasteiger partial charge in [-0.25, -0.2) is 0 Å². The molecule has 0 heterocycles. The summed E-state index contributed by atoms with van der Waals surface area (Å²) in [6, 6.07) is 24.3. The van der Waals surface area contributed by atoms with E-state index in [1.165, 1.54) is 0 Å². The monoisotopic (exact) mass is 388 g/mol. The molecule has 116 valence electrons. The Bertz CT molecular complexity index is 902. The minimum atomic E-state index is -3.49. The van der Waals surface area contributed by atoms with Crippen molar-refractivity contribution in [2.24, 2.45) is 0 Å². The van der Waals surface area contributed by atoms with Gasteiger partial charge in [0.25, 0.3) is 0 Å². The van der Waals surface area contributed by atoms with Crippen molar-refractivity contribution in [3.05, 3.63) is 84.4 Å². The third kappa shape index (κ3) is 3.56. The number of hydrogen-bond acceptors (Lipinski definition) is 2. The van der Waals surface area contributed by atoms with Crippen molar-refractivity contribution in [1.29, 1.82) is 0 Å². The van der Waals surface area contributed by atoms with E-state index in [2.05, 4.69) is 0 Å². The fourth-order valence-corrected chi connectivity index (χ4v) is 6.27. The zero-order valence-corrected chi connectivity index (χ0v) is 15.2. The van der Waals surface area contributed by atoms with Crippen molar-refractivity contribution in [2.45, 2.75) is 16.7 Å². The van der Waals surface area contributed by atoms with Gasteiger partial charge in [-0.15, -0.1) is 0 Å². The van der Waals surface area contributed by atoms with Crippen LogP contribution in [0.25, 0.3) is 0 Å². The second-order valence-electron chi connectivity index (χ2n) is 5.18. The molecule has 0 spiro atoms. The van der Waals surface area contributed by atoms with Crippen molar-refractivity contribution in [3.8, 4) is 0 Å². The molecule has 0 aromatic heterocycles. The van der Waals surface area contributed by atoms with Gasteiger partial charge in [0.15, 0.2) is 0 Å². The average molecular weight is 387 g/mol. The second-order valence-corrected chi connectivity index (χ2v) is 9.44. The molecule has 0 fully saturated rings. The topological polar surface area (TPSA) is 34.1 Å². The van der Waals surface area contributed by atoms with Crippen LogP contribution in [0.2, 0.25) is 0 Å². The maximum atomic E-state index is 13.0. The summed E-state index contributed by atoms with van der Waals surface area (Å²) in [5, 5.41) is 0. The SMILES string of the molecule is Cc1ccc(S(=O)(=O)c2ccccc2[Se]c2ccccc2)cc1. The molecule has 3 aromatic rings. The summed E-state index contributed by atoms with van der Waals surface area (Å²) in [5.41, 5.74) is 1.05. The van der Waals surface area contributed by atoms with Gasteiger partial charge in [0, 0.05) is 0 Å². The van der Waals surface area contributed by atoms with Gasteiger partial charge < -0.3 is 0 Å². The van der Waals surface area contributed by atoms with Gasteiger partial charge >= 0.3 is 143 Å². The Morgan fingerprint density at radius 1 is 0.739 bits per heavy atom. The van der Waals surface area contributed by atoms with E-state index < -0.39 is 9.84 Å². The summed E-state index contributed by atoms with van der Waals surface area (Å²) in [5.74, 6) is 0. The molecule has 0 saturated heterocycles. The number of hydrogen-bond donors (Lipinski definition) is 0. The van der Waals surface area contributed by atoms with E-state index in [9.17, 15) is 8.42 Å². The van der Waals surface area contributed by atoms with E-state index in [1.807, 2.05) is 61.5 Å². The Balaban J connectivity index is 2.04. The predicted molar refractivity (Wildman–Crippen MR) is 94.5 cm³/mol. The van der Waals surface area contributed by atoms with Crippen molar-refractivity contribution in [3.63, 3.8) is 0 Å². The van der Waals surface area contributed by atoms with Gasteiger partial charge in [-0.05, 0) is 0 Å². The van der Waals surface area contributed by atoms with Crippen LogP contribution in [0.5, 0.6) is 0 Å². The molecule has 0 unspecified atom stereocenters. The van der Waals surface area contributed by atoms with E-state index in [0.717, 1.165) is 14.5 Å². The summed E-state index contributed by atoms with van der Waals surface area (Å²) >= 11 is -0.0460. The van der Waals surface area contributed by atoms with Crippen LogP contribution in [0.15, 0.2) is 88.7 Å². The first kappa shape index (κ1) is 16.0. The molecule has 0 bridgehead atoms. The minimum absolute atomic E-state index is 0.0460. The molecule has 0 aliphatic carbocycles. The predicted octanol–water partition coefficient (Wildman–Crippen LogP) is 2.48. The fourth-order valence-electron chi connectivity index (χ4n) is 2.22. The van der Waals surface area contributed by atoms with E-state index in [1.54, 1.807) is 24.3 Å². The molecule has 0 aliphatic rings. The van der Waals surface area contributed by atoms with Gasteiger partial charge in [0.1, 0.15) is 0 Å². The van der Waals surface area contributed by atoms with Crippen LogP contribution in [-0.2, 0) is 9.84 Å². The average Bonchev–Trinajstić information content (AvgIpc) is 2.56. The number of benzene rings is 3. The first-order valence-corrected chi connectivity index (χ1v) is 10.4. The maximum absolute atomic E-state index is 13.0. The van der Waals surface area contributed by atoms with E-state index >= 15 is 0 Å². The van der Waals surface area contributed by atoms with Crippen molar-refractivity contribution in [1.82, 2.24) is 0 Å². The summed E-state index contributed by atoms with van der Waals surface area (Å²) in [7, 11) is -3.49. The van der Waals surface area contributed by atoms with Gasteiger partial charge in [0.05, 0.1) is 0 Å². The number of rotatable bonds is 4. The molecule has 0 amide bonds. The molecular weight excluding hydrogens is 371 g/mol. The zero-order valence-electron chi connectivity index (χ0n) is 12.6. The van der Waals surface area contributed by atoms with Gasteiger partial charge in [-0.2, -0.15) is 0 Å². The van der Waals surface area contributed by atoms with Crippen LogP contribution in [0, 0.1) is 6.92 Å². The van der Waals surface area contributed by atoms with Crippen LogP contribution in [-0.4, -0.2) is 23.4 Å². The zero-order chi connectivity index (χ0) is 16.3. The normalized spacial score (nSPS) is 11.3. The second kappa shape index (κ2) is 6.71.